The topological polar surface area (TPSA) is 82.3 Å². The smallest absolute Gasteiger partial charge is 0.305 e. The van der Waals surface area contributed by atoms with Gasteiger partial charge in [-0.25, -0.2) is 8.42 Å². The van der Waals surface area contributed by atoms with Gasteiger partial charge in [-0.3, -0.25) is 4.79 Å². The van der Waals surface area contributed by atoms with Gasteiger partial charge >= 0.3 is 4.87 Å². The molecular formula is C13H21N3O3S2. The van der Waals surface area contributed by atoms with E-state index in [9.17, 15) is 13.2 Å². The maximum absolute atomic E-state index is 12.6. The van der Waals surface area contributed by atoms with E-state index in [0.717, 1.165) is 30.7 Å². The van der Waals surface area contributed by atoms with E-state index in [1.54, 1.807) is 6.92 Å². The Morgan fingerprint density at radius 2 is 1.95 bits per heavy atom. The van der Waals surface area contributed by atoms with Crippen LogP contribution in [0.3, 0.4) is 0 Å². The fourth-order valence-electron chi connectivity index (χ4n) is 3.39. The SMILES string of the molecule is Cc1[nH]c(=O)sc1S(=O)(=O)N1CCC(C2CCCN2)CC1. The number of aromatic nitrogens is 1. The van der Waals surface area contributed by atoms with Gasteiger partial charge < -0.3 is 10.3 Å². The largest absolute Gasteiger partial charge is 0.315 e. The molecule has 1 atom stereocenters. The van der Waals surface area contributed by atoms with Gasteiger partial charge in [-0.15, -0.1) is 0 Å². The molecule has 0 amide bonds. The Bertz CT molecular complexity index is 650. The highest BCUT2D eigenvalue weighted by Crippen LogP contribution is 2.29. The number of rotatable bonds is 3. The van der Waals surface area contributed by atoms with Crippen molar-refractivity contribution in [2.45, 2.75) is 42.9 Å². The van der Waals surface area contributed by atoms with E-state index in [1.807, 2.05) is 0 Å². The normalized spacial score (nSPS) is 25.5. The molecule has 1 aromatic rings. The monoisotopic (exact) mass is 331 g/mol. The Balaban J connectivity index is 1.71. The predicted octanol–water partition coefficient (Wildman–Crippen LogP) is 0.898. The molecular weight excluding hydrogens is 310 g/mol. The average molecular weight is 331 g/mol. The number of H-pyrrole nitrogens is 1. The standard InChI is InChI=1S/C13H21N3O3S2/c1-9-12(20-13(17)15-9)21(18,19)16-7-4-10(5-8-16)11-3-2-6-14-11/h10-11,14H,2-8H2,1H3,(H,15,17). The second-order valence-electron chi connectivity index (χ2n) is 5.87. The molecule has 8 heteroatoms. The summed E-state index contributed by atoms with van der Waals surface area (Å²) in [4.78, 5) is 13.6. The minimum absolute atomic E-state index is 0.171. The molecule has 0 bridgehead atoms. The first-order chi connectivity index (χ1) is 9.98. The molecule has 0 aliphatic carbocycles. The lowest BCUT2D eigenvalue weighted by molar-refractivity contribution is 0.234. The van der Waals surface area contributed by atoms with Crippen LogP contribution in [0.25, 0.3) is 0 Å². The molecule has 2 aliphatic heterocycles. The van der Waals surface area contributed by atoms with Crippen molar-refractivity contribution in [3.05, 3.63) is 15.4 Å². The highest BCUT2D eigenvalue weighted by molar-refractivity contribution is 7.91. The van der Waals surface area contributed by atoms with Crippen LogP contribution in [-0.4, -0.2) is 43.4 Å². The van der Waals surface area contributed by atoms with E-state index in [4.69, 9.17) is 0 Å². The van der Waals surface area contributed by atoms with Crippen molar-refractivity contribution in [2.75, 3.05) is 19.6 Å². The van der Waals surface area contributed by atoms with Crippen molar-refractivity contribution in [1.29, 1.82) is 0 Å². The summed E-state index contributed by atoms with van der Waals surface area (Å²) >= 11 is 0.788. The number of hydrogen-bond donors (Lipinski definition) is 2. The molecule has 2 saturated heterocycles. The van der Waals surface area contributed by atoms with E-state index >= 15 is 0 Å². The van der Waals surface area contributed by atoms with Crippen molar-refractivity contribution in [2.24, 2.45) is 5.92 Å². The lowest BCUT2D eigenvalue weighted by atomic mass is 9.89. The fourth-order valence-corrected chi connectivity index (χ4v) is 6.29. The second kappa shape index (κ2) is 5.83. The quantitative estimate of drug-likeness (QED) is 0.862. The van der Waals surface area contributed by atoms with Crippen LogP contribution < -0.4 is 10.2 Å². The Kier molecular flexibility index (Phi) is 4.22. The molecule has 118 valence electrons. The van der Waals surface area contributed by atoms with Crippen molar-refractivity contribution < 1.29 is 8.42 Å². The van der Waals surface area contributed by atoms with Crippen LogP contribution in [0.1, 0.15) is 31.4 Å². The third-order valence-electron chi connectivity index (χ3n) is 4.52. The van der Waals surface area contributed by atoms with Gasteiger partial charge in [0.25, 0.3) is 10.0 Å². The van der Waals surface area contributed by atoms with Crippen LogP contribution in [0.15, 0.2) is 9.00 Å². The second-order valence-corrected chi connectivity index (χ2v) is 8.99. The van der Waals surface area contributed by atoms with E-state index in [-0.39, 0.29) is 9.08 Å². The maximum Gasteiger partial charge on any atom is 0.305 e. The number of sulfonamides is 1. The molecule has 3 rings (SSSR count). The van der Waals surface area contributed by atoms with Gasteiger partial charge in [0, 0.05) is 24.8 Å². The first kappa shape index (κ1) is 15.2. The zero-order chi connectivity index (χ0) is 15.0. The molecule has 1 unspecified atom stereocenters. The summed E-state index contributed by atoms with van der Waals surface area (Å²) in [5.41, 5.74) is 0.449. The third kappa shape index (κ3) is 2.94. The molecule has 21 heavy (non-hydrogen) atoms. The summed E-state index contributed by atoms with van der Waals surface area (Å²) in [5, 5.41) is 3.51. The molecule has 2 N–H and O–H groups in total. The van der Waals surface area contributed by atoms with Crippen LogP contribution in [-0.2, 0) is 10.0 Å². The van der Waals surface area contributed by atoms with Crippen LogP contribution in [0.5, 0.6) is 0 Å². The van der Waals surface area contributed by atoms with E-state index in [2.05, 4.69) is 10.3 Å². The number of hydrogen-bond acceptors (Lipinski definition) is 5. The minimum Gasteiger partial charge on any atom is -0.315 e. The van der Waals surface area contributed by atoms with Gasteiger partial charge in [-0.2, -0.15) is 4.31 Å². The lowest BCUT2D eigenvalue weighted by Gasteiger charge is -2.33. The van der Waals surface area contributed by atoms with Crippen molar-refractivity contribution >= 4 is 21.4 Å². The summed E-state index contributed by atoms with van der Waals surface area (Å²) in [6.45, 7) is 3.83. The lowest BCUT2D eigenvalue weighted by Crippen LogP contribution is -2.43. The molecule has 0 spiro atoms. The highest BCUT2D eigenvalue weighted by Gasteiger charge is 2.35. The van der Waals surface area contributed by atoms with E-state index < -0.39 is 10.0 Å². The molecule has 0 saturated carbocycles. The van der Waals surface area contributed by atoms with Gasteiger partial charge in [-0.05, 0) is 45.1 Å². The summed E-state index contributed by atoms with van der Waals surface area (Å²) < 4.78 is 26.9. The van der Waals surface area contributed by atoms with Gasteiger partial charge in [0.15, 0.2) is 4.21 Å². The summed E-state index contributed by atoms with van der Waals surface area (Å²) in [7, 11) is -3.52. The van der Waals surface area contributed by atoms with Gasteiger partial charge in [-0.1, -0.05) is 11.3 Å². The summed E-state index contributed by atoms with van der Waals surface area (Å²) in [6, 6.07) is 0.555. The molecule has 1 aromatic heterocycles. The highest BCUT2D eigenvalue weighted by atomic mass is 32.2. The summed E-state index contributed by atoms with van der Waals surface area (Å²) in [6.07, 6.45) is 4.22. The Hall–Kier alpha value is -0.700. The molecule has 0 radical (unpaired) electrons. The van der Waals surface area contributed by atoms with E-state index in [0.29, 0.717) is 30.7 Å². The van der Waals surface area contributed by atoms with Crippen molar-refractivity contribution in [3.63, 3.8) is 0 Å². The number of nitrogens with one attached hydrogen (secondary N) is 2. The van der Waals surface area contributed by atoms with Crippen LogP contribution >= 0.6 is 11.3 Å². The minimum atomic E-state index is -3.52. The van der Waals surface area contributed by atoms with Crippen molar-refractivity contribution in [3.8, 4) is 0 Å². The molecule has 3 heterocycles. The predicted molar refractivity (Wildman–Crippen MR) is 82.2 cm³/mol. The molecule has 2 fully saturated rings. The van der Waals surface area contributed by atoms with E-state index in [1.165, 1.54) is 17.1 Å². The zero-order valence-electron chi connectivity index (χ0n) is 12.1. The van der Waals surface area contributed by atoms with Crippen molar-refractivity contribution in [1.82, 2.24) is 14.6 Å². The third-order valence-corrected chi connectivity index (χ3v) is 8.00. The first-order valence-electron chi connectivity index (χ1n) is 7.42. The number of aryl methyl sites for hydroxylation is 1. The number of nitrogens with zero attached hydrogens (tertiary/aromatic N) is 1. The molecule has 6 nitrogen and oxygen atoms in total. The van der Waals surface area contributed by atoms with Crippen LogP contribution in [0.2, 0.25) is 0 Å². The van der Waals surface area contributed by atoms with Gasteiger partial charge in [0.05, 0.1) is 0 Å². The van der Waals surface area contributed by atoms with Crippen LogP contribution in [0.4, 0.5) is 0 Å². The molecule has 2 aliphatic rings. The fraction of sp³-hybridized carbons (Fsp3) is 0.769. The van der Waals surface area contributed by atoms with Crippen LogP contribution in [0, 0.1) is 12.8 Å². The maximum atomic E-state index is 12.6. The van der Waals surface area contributed by atoms with Gasteiger partial charge in [0.2, 0.25) is 0 Å². The Morgan fingerprint density at radius 1 is 1.24 bits per heavy atom. The Labute approximate surface area is 128 Å². The molecule has 0 aromatic carbocycles. The number of thiazole rings is 1. The number of piperidine rings is 1. The number of aromatic amines is 1. The average Bonchev–Trinajstić information content (AvgIpc) is 3.09. The Morgan fingerprint density at radius 3 is 2.48 bits per heavy atom. The summed E-state index contributed by atoms with van der Waals surface area (Å²) in [5.74, 6) is 0.574. The zero-order valence-corrected chi connectivity index (χ0v) is 13.7. The first-order valence-corrected chi connectivity index (χ1v) is 9.67. The van der Waals surface area contributed by atoms with Gasteiger partial charge in [0.1, 0.15) is 0 Å².